The second-order valence-electron chi connectivity index (χ2n) is 2.29. The smallest absolute Gasteiger partial charge is 0.0521 e. The summed E-state index contributed by atoms with van der Waals surface area (Å²) in [5.41, 5.74) is 2.10. The van der Waals surface area contributed by atoms with Gasteiger partial charge in [-0.1, -0.05) is 24.0 Å². The lowest BCUT2D eigenvalue weighted by Gasteiger charge is -1.94. The predicted molar refractivity (Wildman–Crippen MR) is 56.7 cm³/mol. The van der Waals surface area contributed by atoms with E-state index in [0.29, 0.717) is 11.6 Å². The van der Waals surface area contributed by atoms with Crippen LogP contribution in [0, 0.1) is 11.8 Å². The first-order valence-electron chi connectivity index (χ1n) is 3.61. The molecule has 1 rings (SSSR count). The lowest BCUT2D eigenvalue weighted by molar-refractivity contribution is 1.39. The molecule has 0 atom stereocenters. The standard InChI is InChI=1S/C10H9ClS/c11-8-10-4-1-3-9(7-10)5-2-6-12/h1,3-4,7,12H,6,8H2. The van der Waals surface area contributed by atoms with Gasteiger partial charge < -0.3 is 0 Å². The molecule has 0 saturated carbocycles. The summed E-state index contributed by atoms with van der Waals surface area (Å²) in [5, 5.41) is 0. The molecule has 2 heteroatoms. The van der Waals surface area contributed by atoms with Gasteiger partial charge in [-0.2, -0.15) is 12.6 Å². The average molecular weight is 197 g/mol. The van der Waals surface area contributed by atoms with Gasteiger partial charge in [0.05, 0.1) is 5.75 Å². The Hall–Kier alpha value is -0.580. The number of hydrogen-bond acceptors (Lipinski definition) is 1. The largest absolute Gasteiger partial charge is 0.166 e. The van der Waals surface area contributed by atoms with Crippen LogP contribution >= 0.6 is 24.2 Å². The Bertz CT molecular complexity index is 309. The third-order valence-electron chi connectivity index (χ3n) is 1.39. The number of hydrogen-bond donors (Lipinski definition) is 1. The number of thiol groups is 1. The van der Waals surface area contributed by atoms with Crippen molar-refractivity contribution in [3.8, 4) is 11.8 Å². The van der Waals surface area contributed by atoms with Crippen LogP contribution in [0.1, 0.15) is 11.1 Å². The zero-order valence-electron chi connectivity index (χ0n) is 6.55. The number of rotatable bonds is 1. The SMILES string of the molecule is SCC#Cc1cccc(CCl)c1. The van der Waals surface area contributed by atoms with E-state index in [-0.39, 0.29) is 0 Å². The Morgan fingerprint density at radius 3 is 2.92 bits per heavy atom. The molecule has 1 aromatic rings. The Morgan fingerprint density at radius 2 is 2.25 bits per heavy atom. The summed E-state index contributed by atoms with van der Waals surface area (Å²) in [7, 11) is 0. The molecular formula is C10H9ClS. The van der Waals surface area contributed by atoms with Crippen molar-refractivity contribution in [1.82, 2.24) is 0 Å². The van der Waals surface area contributed by atoms with Crippen LogP contribution < -0.4 is 0 Å². The van der Waals surface area contributed by atoms with E-state index in [9.17, 15) is 0 Å². The van der Waals surface area contributed by atoms with Crippen molar-refractivity contribution < 1.29 is 0 Å². The lowest BCUT2D eigenvalue weighted by Crippen LogP contribution is -1.79. The second-order valence-corrected chi connectivity index (χ2v) is 2.88. The van der Waals surface area contributed by atoms with Crippen molar-refractivity contribution in [3.63, 3.8) is 0 Å². The highest BCUT2D eigenvalue weighted by molar-refractivity contribution is 7.80. The van der Waals surface area contributed by atoms with E-state index < -0.39 is 0 Å². The van der Waals surface area contributed by atoms with Crippen molar-refractivity contribution in [2.75, 3.05) is 5.75 Å². The molecule has 0 bridgehead atoms. The fourth-order valence-corrected chi connectivity index (χ4v) is 1.12. The van der Waals surface area contributed by atoms with Gasteiger partial charge in [0.25, 0.3) is 0 Å². The van der Waals surface area contributed by atoms with E-state index in [1.807, 2.05) is 24.3 Å². The Morgan fingerprint density at radius 1 is 1.42 bits per heavy atom. The molecule has 0 nitrogen and oxygen atoms in total. The number of halogens is 1. The third kappa shape index (κ3) is 2.81. The topological polar surface area (TPSA) is 0 Å². The lowest BCUT2D eigenvalue weighted by atomic mass is 10.1. The molecule has 0 unspecified atom stereocenters. The molecule has 0 aliphatic rings. The maximum absolute atomic E-state index is 5.67. The normalized spacial score (nSPS) is 8.83. The molecule has 0 aromatic heterocycles. The molecule has 1 aromatic carbocycles. The van der Waals surface area contributed by atoms with Crippen molar-refractivity contribution in [2.45, 2.75) is 5.88 Å². The van der Waals surface area contributed by atoms with Crippen LogP contribution in [-0.2, 0) is 5.88 Å². The van der Waals surface area contributed by atoms with Gasteiger partial charge >= 0.3 is 0 Å². The first-order chi connectivity index (χ1) is 5.86. The van der Waals surface area contributed by atoms with Gasteiger partial charge in [-0.25, -0.2) is 0 Å². The van der Waals surface area contributed by atoms with Crippen LogP contribution in [0.15, 0.2) is 24.3 Å². The summed E-state index contributed by atoms with van der Waals surface area (Å²) >= 11 is 9.67. The predicted octanol–water partition coefficient (Wildman–Crippen LogP) is 2.71. The summed E-state index contributed by atoms with van der Waals surface area (Å²) in [6, 6.07) is 7.90. The first kappa shape index (κ1) is 9.51. The minimum absolute atomic E-state index is 0.538. The molecule has 0 spiro atoms. The van der Waals surface area contributed by atoms with E-state index in [1.54, 1.807) is 0 Å². The molecule has 0 amide bonds. The average Bonchev–Trinajstić information content (AvgIpc) is 2.15. The van der Waals surface area contributed by atoms with Crippen LogP contribution in [0.4, 0.5) is 0 Å². The van der Waals surface area contributed by atoms with Gasteiger partial charge in [0, 0.05) is 11.4 Å². The molecule has 0 aliphatic heterocycles. The number of benzene rings is 1. The number of alkyl halides is 1. The summed E-state index contributed by atoms with van der Waals surface area (Å²) in [6.07, 6.45) is 0. The second kappa shape index (κ2) is 5.13. The zero-order valence-corrected chi connectivity index (χ0v) is 8.20. The van der Waals surface area contributed by atoms with Crippen molar-refractivity contribution >= 4 is 24.2 Å². The summed E-state index contributed by atoms with van der Waals surface area (Å²) in [6.45, 7) is 0. The molecule has 0 fully saturated rings. The van der Waals surface area contributed by atoms with Gasteiger partial charge in [-0.05, 0) is 17.7 Å². The quantitative estimate of drug-likeness (QED) is 0.399. The van der Waals surface area contributed by atoms with E-state index in [2.05, 4.69) is 24.5 Å². The van der Waals surface area contributed by atoms with Gasteiger partial charge in [-0.15, -0.1) is 11.6 Å². The Kier molecular flexibility index (Phi) is 4.07. The van der Waals surface area contributed by atoms with E-state index in [4.69, 9.17) is 11.6 Å². The maximum atomic E-state index is 5.67. The molecular weight excluding hydrogens is 188 g/mol. The van der Waals surface area contributed by atoms with Gasteiger partial charge in [0.2, 0.25) is 0 Å². The molecule has 0 radical (unpaired) electrons. The Balaban J connectivity index is 2.86. The summed E-state index contributed by atoms with van der Waals surface area (Å²) < 4.78 is 0. The molecule has 0 N–H and O–H groups in total. The summed E-state index contributed by atoms with van der Waals surface area (Å²) in [4.78, 5) is 0. The first-order valence-corrected chi connectivity index (χ1v) is 4.78. The Labute approximate surface area is 83.3 Å². The third-order valence-corrected chi connectivity index (χ3v) is 1.86. The van der Waals surface area contributed by atoms with Crippen molar-refractivity contribution in [3.05, 3.63) is 35.4 Å². The fourth-order valence-electron chi connectivity index (χ4n) is 0.874. The van der Waals surface area contributed by atoms with Gasteiger partial charge in [-0.3, -0.25) is 0 Å². The zero-order chi connectivity index (χ0) is 8.81. The minimum atomic E-state index is 0.538. The van der Waals surface area contributed by atoms with E-state index in [1.165, 1.54) is 0 Å². The van der Waals surface area contributed by atoms with Crippen molar-refractivity contribution in [1.29, 1.82) is 0 Å². The molecule has 0 aliphatic carbocycles. The van der Waals surface area contributed by atoms with Crippen LogP contribution in [-0.4, -0.2) is 5.75 Å². The van der Waals surface area contributed by atoms with Crippen LogP contribution in [0.25, 0.3) is 0 Å². The summed E-state index contributed by atoms with van der Waals surface area (Å²) in [5.74, 6) is 7.00. The molecule has 0 saturated heterocycles. The molecule has 0 heterocycles. The van der Waals surface area contributed by atoms with Crippen molar-refractivity contribution in [2.24, 2.45) is 0 Å². The van der Waals surface area contributed by atoms with Gasteiger partial charge in [0.1, 0.15) is 0 Å². The monoisotopic (exact) mass is 196 g/mol. The molecule has 12 heavy (non-hydrogen) atoms. The van der Waals surface area contributed by atoms with Gasteiger partial charge in [0.15, 0.2) is 0 Å². The molecule has 62 valence electrons. The highest BCUT2D eigenvalue weighted by atomic mass is 35.5. The van der Waals surface area contributed by atoms with E-state index >= 15 is 0 Å². The highest BCUT2D eigenvalue weighted by Crippen LogP contribution is 2.06. The van der Waals surface area contributed by atoms with E-state index in [0.717, 1.165) is 11.1 Å². The highest BCUT2D eigenvalue weighted by Gasteiger charge is 1.90. The maximum Gasteiger partial charge on any atom is 0.0521 e. The van der Waals surface area contributed by atoms with Crippen LogP contribution in [0.2, 0.25) is 0 Å². The minimum Gasteiger partial charge on any atom is -0.166 e. The fraction of sp³-hybridized carbons (Fsp3) is 0.200. The van der Waals surface area contributed by atoms with Crippen LogP contribution in [0.5, 0.6) is 0 Å². The van der Waals surface area contributed by atoms with Crippen LogP contribution in [0.3, 0.4) is 0 Å².